The van der Waals surface area contributed by atoms with E-state index in [2.05, 4.69) is 20.2 Å². The van der Waals surface area contributed by atoms with Gasteiger partial charge in [0.2, 0.25) is 0 Å². The van der Waals surface area contributed by atoms with E-state index in [0.717, 1.165) is 30.2 Å². The molecule has 164 valence electrons. The molecule has 10 nitrogen and oxygen atoms in total. The number of aromatic nitrogens is 6. The second kappa shape index (κ2) is 8.46. The molecule has 1 aliphatic heterocycles. The Morgan fingerprint density at radius 3 is 2.29 bits per heavy atom. The number of carbonyl (C=O) groups excluding carboxylic acids is 1. The molecule has 0 spiro atoms. The van der Waals surface area contributed by atoms with Crippen molar-refractivity contribution in [1.82, 2.24) is 39.1 Å². The maximum Gasteiger partial charge on any atom is 0.274 e. The summed E-state index contributed by atoms with van der Waals surface area (Å²) in [5, 5.41) is 13.2. The fraction of sp³-hybridized carbons (Fsp3) is 0.476. The summed E-state index contributed by atoms with van der Waals surface area (Å²) in [7, 11) is 1.84. The van der Waals surface area contributed by atoms with Gasteiger partial charge in [-0.05, 0) is 39.0 Å². The standard InChI is InChI=1S/C21H28N8O2/c1-15-13-17(3)29(22-15)19-5-6-20(30)28(24-19)12-9-26-7-10-27(11-8-26)21(31)18-14-16(2)25(4)23-18/h5-6,13-14H,7-12H2,1-4H3. The Balaban J connectivity index is 1.35. The van der Waals surface area contributed by atoms with Gasteiger partial charge >= 0.3 is 0 Å². The Labute approximate surface area is 180 Å². The lowest BCUT2D eigenvalue weighted by molar-refractivity contribution is 0.0625. The largest absolute Gasteiger partial charge is 0.335 e. The van der Waals surface area contributed by atoms with Crippen LogP contribution in [0.4, 0.5) is 0 Å². The molecule has 0 atom stereocenters. The van der Waals surface area contributed by atoms with E-state index < -0.39 is 0 Å². The van der Waals surface area contributed by atoms with Crippen LogP contribution in [0.2, 0.25) is 0 Å². The van der Waals surface area contributed by atoms with Crippen molar-refractivity contribution >= 4 is 5.91 Å². The minimum atomic E-state index is -0.135. The van der Waals surface area contributed by atoms with Crippen molar-refractivity contribution in [2.75, 3.05) is 32.7 Å². The van der Waals surface area contributed by atoms with Crippen LogP contribution in [0.15, 0.2) is 29.1 Å². The molecule has 3 aromatic heterocycles. The SMILES string of the molecule is Cc1cc(C)n(-c2ccc(=O)n(CCN3CCN(C(=O)c4cc(C)n(C)n4)CC3)n2)n1. The molecule has 0 N–H and O–H groups in total. The molecule has 3 aromatic rings. The summed E-state index contributed by atoms with van der Waals surface area (Å²) in [4.78, 5) is 29.0. The molecule has 4 rings (SSSR count). The summed E-state index contributed by atoms with van der Waals surface area (Å²) in [5.41, 5.74) is 3.20. The fourth-order valence-electron chi connectivity index (χ4n) is 3.81. The summed E-state index contributed by atoms with van der Waals surface area (Å²) < 4.78 is 4.95. The van der Waals surface area contributed by atoms with Crippen molar-refractivity contribution in [3.63, 3.8) is 0 Å². The van der Waals surface area contributed by atoms with Crippen molar-refractivity contribution in [2.45, 2.75) is 27.3 Å². The van der Waals surface area contributed by atoms with Gasteiger partial charge in [-0.1, -0.05) is 0 Å². The van der Waals surface area contributed by atoms with E-state index in [-0.39, 0.29) is 11.5 Å². The van der Waals surface area contributed by atoms with Gasteiger partial charge in [0.05, 0.1) is 12.2 Å². The molecule has 10 heteroatoms. The van der Waals surface area contributed by atoms with Crippen LogP contribution in [0.5, 0.6) is 0 Å². The number of piperazine rings is 1. The monoisotopic (exact) mass is 424 g/mol. The van der Waals surface area contributed by atoms with Crippen LogP contribution in [0.1, 0.15) is 27.6 Å². The molecule has 0 aromatic carbocycles. The third-order valence-corrected chi connectivity index (χ3v) is 5.70. The molecule has 1 aliphatic rings. The van der Waals surface area contributed by atoms with Gasteiger partial charge in [-0.2, -0.15) is 10.2 Å². The topological polar surface area (TPSA) is 94.1 Å². The minimum Gasteiger partial charge on any atom is -0.335 e. The molecule has 0 unspecified atom stereocenters. The predicted molar refractivity (Wildman–Crippen MR) is 115 cm³/mol. The average molecular weight is 425 g/mol. The van der Waals surface area contributed by atoms with Crippen molar-refractivity contribution in [3.05, 3.63) is 57.4 Å². The maximum absolute atomic E-state index is 12.7. The lowest BCUT2D eigenvalue weighted by Crippen LogP contribution is -2.49. The number of nitrogens with zero attached hydrogens (tertiary/aromatic N) is 8. The summed E-state index contributed by atoms with van der Waals surface area (Å²) in [5.74, 6) is 0.602. The highest BCUT2D eigenvalue weighted by Crippen LogP contribution is 2.10. The number of amides is 1. The number of rotatable bonds is 5. The first kappa shape index (κ1) is 21.0. The Bertz CT molecular complexity index is 1130. The molecular weight excluding hydrogens is 396 g/mol. The van der Waals surface area contributed by atoms with E-state index in [0.29, 0.717) is 37.7 Å². The van der Waals surface area contributed by atoms with E-state index in [1.165, 1.54) is 10.7 Å². The molecule has 0 saturated carbocycles. The maximum atomic E-state index is 12.7. The summed E-state index contributed by atoms with van der Waals surface area (Å²) >= 11 is 0. The fourth-order valence-corrected chi connectivity index (χ4v) is 3.81. The van der Waals surface area contributed by atoms with Gasteiger partial charge in [-0.25, -0.2) is 9.36 Å². The van der Waals surface area contributed by atoms with Gasteiger partial charge in [-0.3, -0.25) is 19.2 Å². The lowest BCUT2D eigenvalue weighted by Gasteiger charge is -2.34. The van der Waals surface area contributed by atoms with Gasteiger partial charge in [0, 0.05) is 57.2 Å². The van der Waals surface area contributed by atoms with E-state index in [4.69, 9.17) is 0 Å². The highest BCUT2D eigenvalue weighted by atomic mass is 16.2. The van der Waals surface area contributed by atoms with Crippen molar-refractivity contribution in [3.8, 4) is 5.82 Å². The van der Waals surface area contributed by atoms with E-state index in [9.17, 15) is 9.59 Å². The second-order valence-corrected chi connectivity index (χ2v) is 8.02. The smallest absolute Gasteiger partial charge is 0.274 e. The number of hydrogen-bond donors (Lipinski definition) is 0. The van der Waals surface area contributed by atoms with Gasteiger partial charge in [0.25, 0.3) is 11.5 Å². The normalized spacial score (nSPS) is 14.9. The van der Waals surface area contributed by atoms with Crippen molar-refractivity contribution < 1.29 is 4.79 Å². The first-order chi connectivity index (χ1) is 14.8. The highest BCUT2D eigenvalue weighted by Gasteiger charge is 2.24. The first-order valence-electron chi connectivity index (χ1n) is 10.5. The molecular formula is C21H28N8O2. The van der Waals surface area contributed by atoms with Crippen LogP contribution in [-0.2, 0) is 13.6 Å². The van der Waals surface area contributed by atoms with Crippen LogP contribution in [0.25, 0.3) is 5.82 Å². The summed E-state index contributed by atoms with van der Waals surface area (Å²) in [6, 6.07) is 7.03. The summed E-state index contributed by atoms with van der Waals surface area (Å²) in [6.45, 7) is 9.79. The van der Waals surface area contributed by atoms with Crippen LogP contribution in [0, 0.1) is 20.8 Å². The van der Waals surface area contributed by atoms with Crippen LogP contribution >= 0.6 is 0 Å². The molecule has 31 heavy (non-hydrogen) atoms. The van der Waals surface area contributed by atoms with E-state index in [1.54, 1.807) is 15.4 Å². The van der Waals surface area contributed by atoms with Gasteiger partial charge in [0.15, 0.2) is 11.5 Å². The zero-order valence-corrected chi connectivity index (χ0v) is 18.4. The molecule has 0 aliphatic carbocycles. The molecule has 1 amide bonds. The third-order valence-electron chi connectivity index (χ3n) is 5.70. The van der Waals surface area contributed by atoms with Crippen molar-refractivity contribution in [2.24, 2.45) is 7.05 Å². The second-order valence-electron chi connectivity index (χ2n) is 8.02. The van der Waals surface area contributed by atoms with Crippen molar-refractivity contribution in [1.29, 1.82) is 0 Å². The number of carbonyl (C=O) groups is 1. The highest BCUT2D eigenvalue weighted by molar-refractivity contribution is 5.92. The predicted octanol–water partition coefficient (Wildman–Crippen LogP) is 0.546. The minimum absolute atomic E-state index is 0.0289. The van der Waals surface area contributed by atoms with Gasteiger partial charge in [-0.15, -0.1) is 5.10 Å². The lowest BCUT2D eigenvalue weighted by atomic mass is 10.2. The Morgan fingerprint density at radius 1 is 0.935 bits per heavy atom. The summed E-state index contributed by atoms with van der Waals surface area (Å²) in [6.07, 6.45) is 0. The Morgan fingerprint density at radius 2 is 1.68 bits per heavy atom. The quantitative estimate of drug-likeness (QED) is 0.594. The molecule has 1 fully saturated rings. The molecule has 0 bridgehead atoms. The van der Waals surface area contributed by atoms with Crippen LogP contribution < -0.4 is 5.56 Å². The van der Waals surface area contributed by atoms with Gasteiger partial charge in [0.1, 0.15) is 0 Å². The van der Waals surface area contributed by atoms with E-state index >= 15 is 0 Å². The molecule has 1 saturated heterocycles. The average Bonchev–Trinajstić information content (AvgIpc) is 3.27. The molecule has 0 radical (unpaired) electrons. The van der Waals surface area contributed by atoms with Crippen LogP contribution in [-0.4, -0.2) is 77.8 Å². The van der Waals surface area contributed by atoms with Gasteiger partial charge < -0.3 is 4.90 Å². The molecule has 4 heterocycles. The van der Waals surface area contributed by atoms with E-state index in [1.807, 2.05) is 44.9 Å². The Kier molecular flexibility index (Phi) is 5.73. The van der Waals surface area contributed by atoms with Crippen LogP contribution in [0.3, 0.4) is 0 Å². The zero-order chi connectivity index (χ0) is 22.1. The third kappa shape index (κ3) is 4.43. The number of aryl methyl sites for hydroxylation is 4. The zero-order valence-electron chi connectivity index (χ0n) is 18.4. The number of hydrogen-bond acceptors (Lipinski definition) is 6. The Hall–Kier alpha value is -3.27. The first-order valence-corrected chi connectivity index (χ1v) is 10.5.